The first-order chi connectivity index (χ1) is 8.00. The third-order valence-corrected chi connectivity index (χ3v) is 3.37. The second kappa shape index (κ2) is 4.49. The molecule has 3 heteroatoms. The maximum absolute atomic E-state index is 11.5. The van der Waals surface area contributed by atoms with Crippen LogP contribution in [-0.4, -0.2) is 10.4 Å². The van der Waals surface area contributed by atoms with Crippen molar-refractivity contribution in [1.29, 1.82) is 0 Å². The summed E-state index contributed by atoms with van der Waals surface area (Å²) in [5.41, 5.74) is 3.93. The lowest BCUT2D eigenvalue weighted by Gasteiger charge is -2.09. The zero-order valence-electron chi connectivity index (χ0n) is 10.1. The predicted molar refractivity (Wildman–Crippen MR) is 72.9 cm³/mol. The fourth-order valence-electron chi connectivity index (χ4n) is 2.13. The van der Waals surface area contributed by atoms with E-state index in [4.69, 9.17) is 0 Å². The topological polar surface area (TPSA) is 22.0 Å². The van der Waals surface area contributed by atoms with Crippen LogP contribution in [0.1, 0.15) is 28.7 Å². The van der Waals surface area contributed by atoms with E-state index in [0.717, 1.165) is 27.1 Å². The van der Waals surface area contributed by atoms with Crippen LogP contribution in [0.25, 0.3) is 5.69 Å². The summed E-state index contributed by atoms with van der Waals surface area (Å²) < 4.78 is 3.13. The number of benzene rings is 1. The third-order valence-electron chi connectivity index (χ3n) is 2.88. The van der Waals surface area contributed by atoms with Gasteiger partial charge in [-0.2, -0.15) is 0 Å². The van der Waals surface area contributed by atoms with Crippen LogP contribution >= 0.6 is 15.9 Å². The number of carbonyl (C=O) groups is 1. The molecule has 0 saturated carbocycles. The van der Waals surface area contributed by atoms with Gasteiger partial charge in [-0.3, -0.25) is 4.79 Å². The van der Waals surface area contributed by atoms with E-state index in [9.17, 15) is 4.79 Å². The zero-order valence-corrected chi connectivity index (χ0v) is 11.7. The summed E-state index contributed by atoms with van der Waals surface area (Å²) in [6.45, 7) is 5.60. The van der Waals surface area contributed by atoms with Crippen LogP contribution in [0.4, 0.5) is 0 Å². The monoisotopic (exact) mass is 291 g/mol. The van der Waals surface area contributed by atoms with E-state index in [-0.39, 0.29) is 5.78 Å². The molecule has 0 N–H and O–H groups in total. The first-order valence-corrected chi connectivity index (χ1v) is 6.26. The van der Waals surface area contributed by atoms with E-state index in [1.807, 2.05) is 44.2 Å². The normalized spacial score (nSPS) is 10.6. The van der Waals surface area contributed by atoms with Crippen molar-refractivity contribution in [3.63, 3.8) is 0 Å². The highest BCUT2D eigenvalue weighted by Gasteiger charge is 2.13. The Balaban J connectivity index is 2.64. The van der Waals surface area contributed by atoms with Crippen molar-refractivity contribution < 1.29 is 4.79 Å². The Labute approximate surface area is 109 Å². The van der Waals surface area contributed by atoms with Gasteiger partial charge in [0.1, 0.15) is 0 Å². The smallest absolute Gasteiger partial charge is 0.161 e. The number of aryl methyl sites for hydroxylation is 1. The molecule has 17 heavy (non-hydrogen) atoms. The fraction of sp³-hybridized carbons (Fsp3) is 0.214. The Morgan fingerprint density at radius 1 is 1.24 bits per heavy atom. The SMILES string of the molecule is CC(=O)c1cc(C)n(-c2cccc(Br)c2)c1C. The quantitative estimate of drug-likeness (QED) is 0.765. The molecular weight excluding hydrogens is 278 g/mol. The van der Waals surface area contributed by atoms with Crippen molar-refractivity contribution in [1.82, 2.24) is 4.57 Å². The molecule has 0 spiro atoms. The van der Waals surface area contributed by atoms with Gasteiger partial charge in [0.15, 0.2) is 5.78 Å². The average molecular weight is 292 g/mol. The highest BCUT2D eigenvalue weighted by atomic mass is 79.9. The molecular formula is C14H14BrNO. The molecule has 2 nitrogen and oxygen atoms in total. The number of Topliss-reactive ketones (excluding diaryl/α,β-unsaturated/α-hetero) is 1. The summed E-state index contributed by atoms with van der Waals surface area (Å²) in [5, 5.41) is 0. The number of hydrogen-bond donors (Lipinski definition) is 0. The summed E-state index contributed by atoms with van der Waals surface area (Å²) in [4.78, 5) is 11.5. The lowest BCUT2D eigenvalue weighted by atomic mass is 10.2. The minimum Gasteiger partial charge on any atom is -0.318 e. The maximum atomic E-state index is 11.5. The zero-order chi connectivity index (χ0) is 12.6. The molecule has 0 bridgehead atoms. The van der Waals surface area contributed by atoms with Crippen LogP contribution in [0, 0.1) is 13.8 Å². The summed E-state index contributed by atoms with van der Waals surface area (Å²) in [5.74, 6) is 0.111. The molecule has 2 aromatic rings. The number of halogens is 1. The van der Waals surface area contributed by atoms with Crippen LogP contribution in [0.2, 0.25) is 0 Å². The number of nitrogens with zero attached hydrogens (tertiary/aromatic N) is 1. The minimum absolute atomic E-state index is 0.111. The van der Waals surface area contributed by atoms with Crippen molar-refractivity contribution in [2.24, 2.45) is 0 Å². The molecule has 0 aliphatic carbocycles. The maximum Gasteiger partial charge on any atom is 0.161 e. The second-order valence-electron chi connectivity index (χ2n) is 4.16. The van der Waals surface area contributed by atoms with Gasteiger partial charge in [0, 0.05) is 27.1 Å². The Morgan fingerprint density at radius 2 is 1.94 bits per heavy atom. The van der Waals surface area contributed by atoms with Crippen molar-refractivity contribution in [2.75, 3.05) is 0 Å². The molecule has 0 fully saturated rings. The molecule has 1 aromatic carbocycles. The van der Waals surface area contributed by atoms with E-state index < -0.39 is 0 Å². The number of carbonyl (C=O) groups excluding carboxylic acids is 1. The molecule has 88 valence electrons. The van der Waals surface area contributed by atoms with Gasteiger partial charge in [-0.15, -0.1) is 0 Å². The van der Waals surface area contributed by atoms with Crippen molar-refractivity contribution >= 4 is 21.7 Å². The van der Waals surface area contributed by atoms with Gasteiger partial charge in [-0.1, -0.05) is 22.0 Å². The van der Waals surface area contributed by atoms with Crippen LogP contribution in [0.5, 0.6) is 0 Å². The van der Waals surface area contributed by atoms with Gasteiger partial charge in [0.2, 0.25) is 0 Å². The fourth-order valence-corrected chi connectivity index (χ4v) is 2.52. The predicted octanol–water partition coefficient (Wildman–Crippen LogP) is 4.06. The van der Waals surface area contributed by atoms with Gasteiger partial charge >= 0.3 is 0 Å². The van der Waals surface area contributed by atoms with E-state index in [2.05, 4.69) is 20.5 Å². The molecule has 0 amide bonds. The molecule has 0 unspecified atom stereocenters. The van der Waals surface area contributed by atoms with E-state index >= 15 is 0 Å². The van der Waals surface area contributed by atoms with Crippen LogP contribution < -0.4 is 0 Å². The van der Waals surface area contributed by atoms with Gasteiger partial charge in [-0.05, 0) is 45.0 Å². The standard InChI is InChI=1S/C14H14BrNO/c1-9-7-14(11(3)17)10(2)16(9)13-6-4-5-12(15)8-13/h4-8H,1-3H3. The van der Waals surface area contributed by atoms with Gasteiger partial charge in [-0.25, -0.2) is 0 Å². The van der Waals surface area contributed by atoms with E-state index in [1.54, 1.807) is 6.92 Å². The van der Waals surface area contributed by atoms with E-state index in [1.165, 1.54) is 0 Å². The van der Waals surface area contributed by atoms with Crippen LogP contribution in [0.15, 0.2) is 34.8 Å². The number of aromatic nitrogens is 1. The Kier molecular flexibility index (Phi) is 3.20. The Morgan fingerprint density at radius 3 is 2.47 bits per heavy atom. The number of rotatable bonds is 2. The van der Waals surface area contributed by atoms with E-state index in [0.29, 0.717) is 0 Å². The molecule has 1 heterocycles. The molecule has 2 rings (SSSR count). The lowest BCUT2D eigenvalue weighted by molar-refractivity contribution is 0.101. The lowest BCUT2D eigenvalue weighted by Crippen LogP contribution is -2.01. The van der Waals surface area contributed by atoms with Crippen molar-refractivity contribution in [2.45, 2.75) is 20.8 Å². The summed E-state index contributed by atoms with van der Waals surface area (Å²) in [7, 11) is 0. The van der Waals surface area contributed by atoms with Crippen LogP contribution in [-0.2, 0) is 0 Å². The second-order valence-corrected chi connectivity index (χ2v) is 5.07. The highest BCUT2D eigenvalue weighted by Crippen LogP contribution is 2.23. The molecule has 0 aliphatic rings. The number of ketones is 1. The Bertz CT molecular complexity index is 584. The number of hydrogen-bond acceptors (Lipinski definition) is 1. The first-order valence-electron chi connectivity index (χ1n) is 5.46. The van der Waals surface area contributed by atoms with Gasteiger partial charge < -0.3 is 4.57 Å². The molecule has 0 saturated heterocycles. The molecule has 0 radical (unpaired) electrons. The molecule has 1 aromatic heterocycles. The van der Waals surface area contributed by atoms with Gasteiger partial charge in [0.25, 0.3) is 0 Å². The summed E-state index contributed by atoms with van der Waals surface area (Å²) >= 11 is 3.46. The van der Waals surface area contributed by atoms with Crippen molar-refractivity contribution in [3.8, 4) is 5.69 Å². The van der Waals surface area contributed by atoms with Gasteiger partial charge in [0.05, 0.1) is 0 Å². The molecule has 0 aliphatic heterocycles. The summed E-state index contributed by atoms with van der Waals surface area (Å²) in [6.07, 6.45) is 0. The molecule has 0 atom stereocenters. The van der Waals surface area contributed by atoms with Crippen LogP contribution in [0.3, 0.4) is 0 Å². The first kappa shape index (κ1) is 12.1. The average Bonchev–Trinajstić information content (AvgIpc) is 2.54. The third kappa shape index (κ3) is 2.20. The highest BCUT2D eigenvalue weighted by molar-refractivity contribution is 9.10. The largest absolute Gasteiger partial charge is 0.318 e. The minimum atomic E-state index is 0.111. The Hall–Kier alpha value is -1.35. The summed E-state index contributed by atoms with van der Waals surface area (Å²) in [6, 6.07) is 10.0. The van der Waals surface area contributed by atoms with Crippen molar-refractivity contribution in [3.05, 3.63) is 51.8 Å².